The molecule has 0 bridgehead atoms. The number of hydrogen-bond acceptors (Lipinski definition) is 2. The molecule has 0 aliphatic heterocycles. The van der Waals surface area contributed by atoms with Gasteiger partial charge in [0, 0.05) is 18.7 Å². The first-order valence-corrected chi connectivity index (χ1v) is 6.88. The average molecular weight is 268 g/mol. The van der Waals surface area contributed by atoms with Crippen LogP contribution in [0, 0.1) is 0 Å². The van der Waals surface area contributed by atoms with Gasteiger partial charge in [-0.05, 0) is 35.2 Å². The van der Waals surface area contributed by atoms with Gasteiger partial charge in [-0.25, -0.2) is 0 Å². The van der Waals surface area contributed by atoms with Gasteiger partial charge in [-0.3, -0.25) is 4.79 Å². The van der Waals surface area contributed by atoms with Crippen molar-refractivity contribution < 1.29 is 4.79 Å². The number of nitrogens with one attached hydrogen (secondary N) is 1. The Labute approximate surface area is 119 Å². The zero-order chi connectivity index (χ0) is 14.4. The molecule has 0 unspecified atom stereocenters. The molecule has 3 heteroatoms. The summed E-state index contributed by atoms with van der Waals surface area (Å²) in [7, 11) is 0. The molecule has 20 heavy (non-hydrogen) atoms. The first kappa shape index (κ1) is 14.3. The van der Waals surface area contributed by atoms with Crippen molar-refractivity contribution in [2.24, 2.45) is 5.73 Å². The minimum atomic E-state index is -0.0560. The predicted molar refractivity (Wildman–Crippen MR) is 81.3 cm³/mol. The van der Waals surface area contributed by atoms with Crippen molar-refractivity contribution in [2.45, 2.75) is 26.4 Å². The highest BCUT2D eigenvalue weighted by Gasteiger charge is 2.06. The summed E-state index contributed by atoms with van der Waals surface area (Å²) in [4.78, 5) is 12.1. The summed E-state index contributed by atoms with van der Waals surface area (Å²) < 4.78 is 0. The lowest BCUT2D eigenvalue weighted by Crippen LogP contribution is -2.23. The van der Waals surface area contributed by atoms with E-state index in [0.29, 0.717) is 18.7 Å². The second-order valence-corrected chi connectivity index (χ2v) is 4.71. The number of rotatable bonds is 5. The van der Waals surface area contributed by atoms with Crippen LogP contribution in [0.4, 0.5) is 0 Å². The summed E-state index contributed by atoms with van der Waals surface area (Å²) in [5.41, 5.74) is 9.73. The van der Waals surface area contributed by atoms with Gasteiger partial charge in [0.05, 0.1) is 0 Å². The van der Waals surface area contributed by atoms with Gasteiger partial charge in [-0.2, -0.15) is 0 Å². The van der Waals surface area contributed by atoms with E-state index in [1.807, 2.05) is 48.5 Å². The van der Waals surface area contributed by atoms with E-state index in [4.69, 9.17) is 5.73 Å². The highest BCUT2D eigenvalue weighted by atomic mass is 16.1. The fraction of sp³-hybridized carbons (Fsp3) is 0.235. The second-order valence-electron chi connectivity index (χ2n) is 4.71. The Kier molecular flexibility index (Phi) is 4.91. The summed E-state index contributed by atoms with van der Waals surface area (Å²) in [6.07, 6.45) is 0.978. The van der Waals surface area contributed by atoms with Crippen LogP contribution in [0.2, 0.25) is 0 Å². The molecule has 0 aliphatic rings. The average Bonchev–Trinajstić information content (AvgIpc) is 2.53. The van der Waals surface area contributed by atoms with Crippen molar-refractivity contribution in [3.63, 3.8) is 0 Å². The summed E-state index contributed by atoms with van der Waals surface area (Å²) in [5, 5.41) is 2.93. The van der Waals surface area contributed by atoms with E-state index in [-0.39, 0.29) is 5.91 Å². The minimum absolute atomic E-state index is 0.0560. The van der Waals surface area contributed by atoms with Crippen molar-refractivity contribution in [3.8, 4) is 0 Å². The minimum Gasteiger partial charge on any atom is -0.348 e. The molecule has 0 saturated heterocycles. The van der Waals surface area contributed by atoms with Gasteiger partial charge in [0.2, 0.25) is 0 Å². The molecule has 0 radical (unpaired) electrons. The molecule has 2 aromatic rings. The number of carbonyl (C=O) groups excluding carboxylic acids is 1. The molecule has 2 rings (SSSR count). The van der Waals surface area contributed by atoms with E-state index in [0.717, 1.165) is 17.5 Å². The normalized spacial score (nSPS) is 10.3. The molecular formula is C17H20N2O. The van der Waals surface area contributed by atoms with Crippen LogP contribution in [-0.4, -0.2) is 5.91 Å². The van der Waals surface area contributed by atoms with Gasteiger partial charge < -0.3 is 11.1 Å². The molecule has 0 fully saturated rings. The zero-order valence-electron chi connectivity index (χ0n) is 11.7. The van der Waals surface area contributed by atoms with Crippen molar-refractivity contribution in [3.05, 3.63) is 70.8 Å². The van der Waals surface area contributed by atoms with Gasteiger partial charge in [0.25, 0.3) is 5.91 Å². The van der Waals surface area contributed by atoms with E-state index in [9.17, 15) is 4.79 Å². The smallest absolute Gasteiger partial charge is 0.251 e. The van der Waals surface area contributed by atoms with Crippen molar-refractivity contribution in [1.29, 1.82) is 0 Å². The third-order valence-corrected chi connectivity index (χ3v) is 3.40. The molecule has 0 aliphatic carbocycles. The van der Waals surface area contributed by atoms with E-state index >= 15 is 0 Å². The summed E-state index contributed by atoms with van der Waals surface area (Å²) in [6, 6.07) is 15.6. The highest BCUT2D eigenvalue weighted by Crippen LogP contribution is 2.09. The third-order valence-electron chi connectivity index (χ3n) is 3.40. The molecule has 0 spiro atoms. The Morgan fingerprint density at radius 2 is 1.70 bits per heavy atom. The van der Waals surface area contributed by atoms with Crippen LogP contribution < -0.4 is 11.1 Å². The first-order valence-electron chi connectivity index (χ1n) is 6.88. The fourth-order valence-corrected chi connectivity index (χ4v) is 2.10. The van der Waals surface area contributed by atoms with Gasteiger partial charge >= 0.3 is 0 Å². The quantitative estimate of drug-likeness (QED) is 0.876. The van der Waals surface area contributed by atoms with Gasteiger partial charge in [0.15, 0.2) is 0 Å². The summed E-state index contributed by atoms with van der Waals surface area (Å²) in [6.45, 7) is 3.08. The van der Waals surface area contributed by atoms with Crippen molar-refractivity contribution in [2.75, 3.05) is 0 Å². The Balaban J connectivity index is 2.01. The van der Waals surface area contributed by atoms with Crippen LogP contribution in [-0.2, 0) is 19.5 Å². The van der Waals surface area contributed by atoms with Crippen molar-refractivity contribution in [1.82, 2.24) is 5.32 Å². The van der Waals surface area contributed by atoms with Crippen LogP contribution in [0.1, 0.15) is 34.0 Å². The van der Waals surface area contributed by atoms with E-state index < -0.39 is 0 Å². The van der Waals surface area contributed by atoms with E-state index in [1.54, 1.807) is 0 Å². The Bertz CT molecular complexity index is 576. The topological polar surface area (TPSA) is 55.1 Å². The van der Waals surface area contributed by atoms with Crippen molar-refractivity contribution >= 4 is 5.91 Å². The van der Waals surface area contributed by atoms with Crippen LogP contribution in [0.3, 0.4) is 0 Å². The predicted octanol–water partition coefficient (Wildman–Crippen LogP) is 2.64. The van der Waals surface area contributed by atoms with Crippen LogP contribution in [0.15, 0.2) is 48.5 Å². The maximum atomic E-state index is 12.1. The molecular weight excluding hydrogens is 248 g/mol. The summed E-state index contributed by atoms with van der Waals surface area (Å²) in [5.74, 6) is -0.0560. The number of benzene rings is 2. The van der Waals surface area contributed by atoms with Gasteiger partial charge in [-0.1, -0.05) is 43.3 Å². The SMILES string of the molecule is CCc1ccc(C(=O)NCc2ccccc2CN)cc1. The lowest BCUT2D eigenvalue weighted by Gasteiger charge is -2.09. The van der Waals surface area contributed by atoms with Gasteiger partial charge in [0.1, 0.15) is 0 Å². The van der Waals surface area contributed by atoms with Crippen LogP contribution in [0.25, 0.3) is 0 Å². The highest BCUT2D eigenvalue weighted by molar-refractivity contribution is 5.94. The standard InChI is InChI=1S/C17H20N2O/c1-2-13-7-9-14(10-8-13)17(20)19-12-16-6-4-3-5-15(16)11-18/h3-10H,2,11-12,18H2,1H3,(H,19,20). The number of carbonyl (C=O) groups is 1. The van der Waals surface area contributed by atoms with E-state index in [1.165, 1.54) is 5.56 Å². The molecule has 0 saturated carbocycles. The number of aryl methyl sites for hydroxylation is 1. The molecule has 1 amide bonds. The zero-order valence-corrected chi connectivity index (χ0v) is 11.7. The molecule has 0 aromatic heterocycles. The van der Waals surface area contributed by atoms with Crippen LogP contribution in [0.5, 0.6) is 0 Å². The monoisotopic (exact) mass is 268 g/mol. The maximum absolute atomic E-state index is 12.1. The van der Waals surface area contributed by atoms with Crippen LogP contribution >= 0.6 is 0 Å². The Morgan fingerprint density at radius 1 is 1.05 bits per heavy atom. The molecule has 0 atom stereocenters. The molecule has 3 N–H and O–H groups in total. The number of nitrogens with two attached hydrogens (primary N) is 1. The Morgan fingerprint density at radius 3 is 2.30 bits per heavy atom. The largest absolute Gasteiger partial charge is 0.348 e. The molecule has 3 nitrogen and oxygen atoms in total. The Hall–Kier alpha value is -2.13. The van der Waals surface area contributed by atoms with E-state index in [2.05, 4.69) is 12.2 Å². The second kappa shape index (κ2) is 6.87. The first-order chi connectivity index (χ1) is 9.74. The molecule has 0 heterocycles. The molecule has 104 valence electrons. The molecule has 2 aromatic carbocycles. The summed E-state index contributed by atoms with van der Waals surface area (Å²) >= 11 is 0. The lowest BCUT2D eigenvalue weighted by atomic mass is 10.1. The fourth-order valence-electron chi connectivity index (χ4n) is 2.10. The number of amides is 1. The lowest BCUT2D eigenvalue weighted by molar-refractivity contribution is 0.0951. The third kappa shape index (κ3) is 3.45. The maximum Gasteiger partial charge on any atom is 0.251 e. The number of hydrogen-bond donors (Lipinski definition) is 2. The van der Waals surface area contributed by atoms with Gasteiger partial charge in [-0.15, -0.1) is 0 Å².